The van der Waals surface area contributed by atoms with Gasteiger partial charge in [0.1, 0.15) is 0 Å². The monoisotopic (exact) mass is 378 g/mol. The van der Waals surface area contributed by atoms with Gasteiger partial charge in [-0.1, -0.05) is 71.4 Å². The third kappa shape index (κ3) is 4.33. The molecule has 0 aliphatic carbocycles. The van der Waals surface area contributed by atoms with Gasteiger partial charge in [-0.05, 0) is 23.3 Å². The largest absolute Gasteiger partial charge is 0.390 e. The third-order valence-corrected chi connectivity index (χ3v) is 5.30. The van der Waals surface area contributed by atoms with E-state index in [1.807, 2.05) is 36.5 Å². The fourth-order valence-corrected chi connectivity index (χ4v) is 3.57. The van der Waals surface area contributed by atoms with E-state index in [-0.39, 0.29) is 6.61 Å². The molecule has 3 rings (SSSR count). The zero-order valence-electron chi connectivity index (χ0n) is 12.8. The predicted octanol–water partition coefficient (Wildman–Crippen LogP) is 5.02. The molecule has 0 radical (unpaired) electrons. The van der Waals surface area contributed by atoms with Gasteiger partial charge in [0.15, 0.2) is 5.16 Å². The minimum atomic E-state index is -0.0673. The lowest BCUT2D eigenvalue weighted by Gasteiger charge is -2.08. The maximum Gasteiger partial charge on any atom is 0.168 e. The summed E-state index contributed by atoms with van der Waals surface area (Å²) < 4.78 is 2.06. The first-order chi connectivity index (χ1) is 11.7. The van der Waals surface area contributed by atoms with Gasteiger partial charge >= 0.3 is 0 Å². The fourth-order valence-electron chi connectivity index (χ4n) is 2.31. The maximum atomic E-state index is 9.38. The van der Waals surface area contributed by atoms with Gasteiger partial charge in [0.25, 0.3) is 0 Å². The molecular weight excluding hydrogens is 363 g/mol. The Bertz CT molecular complexity index is 821. The van der Waals surface area contributed by atoms with Crippen molar-refractivity contribution in [2.75, 3.05) is 0 Å². The number of aromatic nitrogens is 2. The second-order valence-electron chi connectivity index (χ2n) is 5.32. The van der Waals surface area contributed by atoms with E-state index in [1.54, 1.807) is 17.8 Å². The first kappa shape index (κ1) is 17.4. The van der Waals surface area contributed by atoms with Crippen LogP contribution in [0, 0.1) is 0 Å². The van der Waals surface area contributed by atoms with Crippen LogP contribution in [0.5, 0.6) is 0 Å². The lowest BCUT2D eigenvalue weighted by atomic mass is 10.2. The molecule has 1 aromatic heterocycles. The zero-order valence-corrected chi connectivity index (χ0v) is 15.2. The maximum absolute atomic E-state index is 9.38. The van der Waals surface area contributed by atoms with Crippen LogP contribution in [-0.4, -0.2) is 14.7 Å². The van der Waals surface area contributed by atoms with Crippen LogP contribution in [-0.2, 0) is 18.9 Å². The molecule has 0 amide bonds. The highest BCUT2D eigenvalue weighted by atomic mass is 35.5. The molecule has 0 aliphatic rings. The highest BCUT2D eigenvalue weighted by molar-refractivity contribution is 7.98. The smallest absolute Gasteiger partial charge is 0.168 e. The molecule has 0 unspecified atom stereocenters. The van der Waals surface area contributed by atoms with E-state index in [0.29, 0.717) is 15.7 Å². The highest BCUT2D eigenvalue weighted by Crippen LogP contribution is 2.28. The molecule has 0 bridgehead atoms. The Morgan fingerprint density at radius 3 is 2.50 bits per heavy atom. The van der Waals surface area contributed by atoms with Gasteiger partial charge in [-0.3, -0.25) is 0 Å². The van der Waals surface area contributed by atoms with Crippen LogP contribution in [0.3, 0.4) is 0 Å². The Morgan fingerprint density at radius 1 is 1.00 bits per heavy atom. The molecule has 0 saturated heterocycles. The van der Waals surface area contributed by atoms with Crippen LogP contribution >= 0.6 is 35.0 Å². The van der Waals surface area contributed by atoms with Crippen molar-refractivity contribution in [1.82, 2.24) is 9.55 Å². The predicted molar refractivity (Wildman–Crippen MR) is 99.7 cm³/mol. The molecule has 1 N–H and O–H groups in total. The molecule has 6 heteroatoms. The molecule has 1 heterocycles. The zero-order chi connectivity index (χ0) is 16.9. The van der Waals surface area contributed by atoms with Crippen molar-refractivity contribution in [3.05, 3.63) is 81.6 Å². The number of aliphatic hydroxyl groups is 1. The second kappa shape index (κ2) is 8.08. The number of aliphatic hydroxyl groups excluding tert-OH is 1. The molecule has 0 aliphatic heterocycles. The number of nitrogens with zero attached hydrogens (tertiary/aromatic N) is 2. The van der Waals surface area contributed by atoms with Crippen LogP contribution in [0.4, 0.5) is 0 Å². The molecule has 0 saturated carbocycles. The number of thioether (sulfide) groups is 1. The summed E-state index contributed by atoms with van der Waals surface area (Å²) in [6.07, 6.45) is 1.89. The van der Waals surface area contributed by atoms with E-state index in [1.165, 1.54) is 5.56 Å². The first-order valence-corrected chi connectivity index (χ1v) is 9.17. The Hall–Kier alpha value is -1.46. The average molecular weight is 379 g/mol. The average Bonchev–Trinajstić information content (AvgIpc) is 2.99. The second-order valence-corrected chi connectivity index (χ2v) is 7.08. The Labute approximate surface area is 155 Å². The number of imidazole rings is 1. The van der Waals surface area contributed by atoms with Gasteiger partial charge in [0, 0.05) is 18.5 Å². The number of hydrogen-bond acceptors (Lipinski definition) is 3. The van der Waals surface area contributed by atoms with E-state index in [4.69, 9.17) is 23.2 Å². The summed E-state index contributed by atoms with van der Waals surface area (Å²) in [5.74, 6) is 0.730. The number of hydrogen-bond donors (Lipinski definition) is 1. The van der Waals surface area contributed by atoms with E-state index >= 15 is 0 Å². The van der Waals surface area contributed by atoms with Crippen LogP contribution in [0.1, 0.15) is 16.8 Å². The van der Waals surface area contributed by atoms with Crippen molar-refractivity contribution >= 4 is 35.0 Å². The highest BCUT2D eigenvalue weighted by Gasteiger charge is 2.10. The summed E-state index contributed by atoms with van der Waals surface area (Å²) >= 11 is 13.6. The first-order valence-electron chi connectivity index (χ1n) is 7.43. The van der Waals surface area contributed by atoms with Crippen molar-refractivity contribution < 1.29 is 5.11 Å². The third-order valence-electron chi connectivity index (χ3n) is 3.50. The standard InChI is InChI=1S/C18H16Cl2N2OS/c19-16-7-6-14(8-17(16)20)12-24-18-21-15(11-23)10-22(18)9-13-4-2-1-3-5-13/h1-8,10,23H,9,11-12H2. The quantitative estimate of drug-likeness (QED) is 0.611. The minimum absolute atomic E-state index is 0.0673. The molecule has 2 aromatic carbocycles. The Kier molecular flexibility index (Phi) is 5.85. The van der Waals surface area contributed by atoms with Crippen molar-refractivity contribution in [1.29, 1.82) is 0 Å². The lowest BCUT2D eigenvalue weighted by molar-refractivity contribution is 0.277. The van der Waals surface area contributed by atoms with Gasteiger partial charge < -0.3 is 9.67 Å². The van der Waals surface area contributed by atoms with Crippen molar-refractivity contribution in [2.45, 2.75) is 24.1 Å². The molecular formula is C18H16Cl2N2OS. The van der Waals surface area contributed by atoms with Crippen LogP contribution in [0.25, 0.3) is 0 Å². The Morgan fingerprint density at radius 2 is 1.79 bits per heavy atom. The summed E-state index contributed by atoms with van der Waals surface area (Å²) in [7, 11) is 0. The van der Waals surface area contributed by atoms with Crippen LogP contribution in [0.15, 0.2) is 59.9 Å². The molecule has 3 nitrogen and oxygen atoms in total. The molecule has 24 heavy (non-hydrogen) atoms. The van der Waals surface area contributed by atoms with Gasteiger partial charge in [0.05, 0.1) is 22.3 Å². The number of halogens is 2. The molecule has 0 spiro atoms. The fraction of sp³-hybridized carbons (Fsp3) is 0.167. The van der Waals surface area contributed by atoms with Gasteiger partial charge in [-0.15, -0.1) is 0 Å². The van der Waals surface area contributed by atoms with Gasteiger partial charge in [-0.25, -0.2) is 4.98 Å². The Balaban J connectivity index is 1.76. The number of rotatable bonds is 6. The van der Waals surface area contributed by atoms with E-state index in [0.717, 1.165) is 23.0 Å². The van der Waals surface area contributed by atoms with Crippen LogP contribution in [0.2, 0.25) is 10.0 Å². The molecule has 3 aromatic rings. The summed E-state index contributed by atoms with van der Waals surface area (Å²) in [5, 5.41) is 11.4. The lowest BCUT2D eigenvalue weighted by Crippen LogP contribution is -2.00. The SMILES string of the molecule is OCc1cn(Cc2ccccc2)c(SCc2ccc(Cl)c(Cl)c2)n1. The van der Waals surface area contributed by atoms with E-state index in [2.05, 4.69) is 21.7 Å². The minimum Gasteiger partial charge on any atom is -0.390 e. The topological polar surface area (TPSA) is 38.0 Å². The normalized spacial score (nSPS) is 11.0. The van der Waals surface area contributed by atoms with Crippen molar-refractivity contribution in [3.8, 4) is 0 Å². The molecule has 0 atom stereocenters. The molecule has 0 fully saturated rings. The summed E-state index contributed by atoms with van der Waals surface area (Å²) in [6, 6.07) is 15.8. The van der Waals surface area contributed by atoms with Crippen LogP contribution < -0.4 is 0 Å². The van der Waals surface area contributed by atoms with E-state index < -0.39 is 0 Å². The van der Waals surface area contributed by atoms with Gasteiger partial charge in [0.2, 0.25) is 0 Å². The van der Waals surface area contributed by atoms with Crippen molar-refractivity contribution in [3.63, 3.8) is 0 Å². The van der Waals surface area contributed by atoms with E-state index in [9.17, 15) is 5.11 Å². The molecule has 124 valence electrons. The van der Waals surface area contributed by atoms with Gasteiger partial charge in [-0.2, -0.15) is 0 Å². The summed E-state index contributed by atoms with van der Waals surface area (Å²) in [6.45, 7) is 0.652. The summed E-state index contributed by atoms with van der Waals surface area (Å²) in [5.41, 5.74) is 2.94. The number of benzene rings is 2. The summed E-state index contributed by atoms with van der Waals surface area (Å²) in [4.78, 5) is 4.50. The van der Waals surface area contributed by atoms with Crippen molar-refractivity contribution in [2.24, 2.45) is 0 Å².